The number of aryl methyl sites for hydroxylation is 1. The van der Waals surface area contributed by atoms with Crippen molar-refractivity contribution in [3.05, 3.63) is 53.7 Å². The maximum atomic E-state index is 11.2. The zero-order chi connectivity index (χ0) is 14.3. The Balaban J connectivity index is 2.38. The highest BCUT2D eigenvalue weighted by atomic mass is 16.4. The zero-order valence-electron chi connectivity index (χ0n) is 11.2. The van der Waals surface area contributed by atoms with Gasteiger partial charge in [-0.1, -0.05) is 24.3 Å². The number of benzene rings is 1. The van der Waals surface area contributed by atoms with Crippen LogP contribution in [0.3, 0.4) is 0 Å². The van der Waals surface area contributed by atoms with Gasteiger partial charge in [-0.15, -0.1) is 0 Å². The van der Waals surface area contributed by atoms with Crippen molar-refractivity contribution in [3.8, 4) is 5.82 Å². The van der Waals surface area contributed by atoms with Gasteiger partial charge in [0.2, 0.25) is 0 Å². The molecule has 5 heteroatoms. The van der Waals surface area contributed by atoms with Gasteiger partial charge in [-0.05, 0) is 25.3 Å². The van der Waals surface area contributed by atoms with Crippen molar-refractivity contribution in [2.45, 2.75) is 13.8 Å². The molecule has 0 saturated heterocycles. The van der Waals surface area contributed by atoms with Crippen LogP contribution in [0.15, 0.2) is 36.7 Å². The first-order valence-electron chi connectivity index (χ1n) is 6.22. The van der Waals surface area contributed by atoms with Gasteiger partial charge in [-0.2, -0.15) is 0 Å². The van der Waals surface area contributed by atoms with Crippen LogP contribution in [0.25, 0.3) is 16.6 Å². The lowest BCUT2D eigenvalue weighted by Crippen LogP contribution is -2.06. The van der Waals surface area contributed by atoms with Gasteiger partial charge in [0, 0.05) is 11.1 Å². The Morgan fingerprint density at radius 2 is 2.00 bits per heavy atom. The van der Waals surface area contributed by atoms with Gasteiger partial charge in [0.05, 0.1) is 5.69 Å². The number of nitrogens with zero attached hydrogens (tertiary/aromatic N) is 3. The second kappa shape index (κ2) is 4.45. The van der Waals surface area contributed by atoms with E-state index in [-0.39, 0.29) is 5.69 Å². The summed E-state index contributed by atoms with van der Waals surface area (Å²) in [7, 11) is 0. The van der Waals surface area contributed by atoms with Gasteiger partial charge in [0.1, 0.15) is 12.1 Å². The molecule has 0 spiro atoms. The number of rotatable bonds is 2. The van der Waals surface area contributed by atoms with Crippen LogP contribution in [-0.2, 0) is 0 Å². The first kappa shape index (κ1) is 12.3. The van der Waals surface area contributed by atoms with Gasteiger partial charge < -0.3 is 5.11 Å². The molecule has 0 radical (unpaired) electrons. The van der Waals surface area contributed by atoms with E-state index in [1.165, 1.54) is 0 Å². The number of carboxylic acid groups (broad SMARTS) is 1. The second-order valence-electron chi connectivity index (χ2n) is 4.64. The predicted molar refractivity (Wildman–Crippen MR) is 75.3 cm³/mol. The van der Waals surface area contributed by atoms with E-state index in [1.807, 2.05) is 42.7 Å². The predicted octanol–water partition coefficient (Wildman–Crippen LogP) is 2.74. The fourth-order valence-corrected chi connectivity index (χ4v) is 2.19. The van der Waals surface area contributed by atoms with Crippen molar-refractivity contribution in [3.63, 3.8) is 0 Å². The molecule has 0 aliphatic rings. The molecule has 0 aliphatic carbocycles. The Kier molecular flexibility index (Phi) is 2.75. The number of hydrogen-bond acceptors (Lipinski definition) is 3. The fraction of sp³-hybridized carbons (Fsp3) is 0.133. The molecule has 3 rings (SSSR count). The van der Waals surface area contributed by atoms with Gasteiger partial charge in [-0.3, -0.25) is 4.57 Å². The molecule has 1 aromatic carbocycles. The van der Waals surface area contributed by atoms with E-state index < -0.39 is 5.97 Å². The van der Waals surface area contributed by atoms with Crippen molar-refractivity contribution in [2.24, 2.45) is 0 Å². The number of aromatic carboxylic acids is 1. The monoisotopic (exact) mass is 267 g/mol. The van der Waals surface area contributed by atoms with E-state index in [0.29, 0.717) is 5.82 Å². The van der Waals surface area contributed by atoms with Crippen molar-refractivity contribution in [1.29, 1.82) is 0 Å². The number of imidazole rings is 1. The number of hydrogen-bond donors (Lipinski definition) is 1. The maximum Gasteiger partial charge on any atom is 0.354 e. The zero-order valence-corrected chi connectivity index (χ0v) is 11.2. The van der Waals surface area contributed by atoms with Gasteiger partial charge in [0.15, 0.2) is 5.69 Å². The standard InChI is InChI=1S/C15H13N3O2/c1-9-10(2)18(8-16-9)14-12-6-4-3-5-11(12)7-13(17-14)15(19)20/h3-8H,1-2H3,(H,19,20). The largest absolute Gasteiger partial charge is 0.477 e. The number of carboxylic acids is 1. The molecule has 20 heavy (non-hydrogen) atoms. The molecular formula is C15H13N3O2. The molecule has 0 atom stereocenters. The molecule has 2 heterocycles. The summed E-state index contributed by atoms with van der Waals surface area (Å²) in [5, 5.41) is 11.0. The molecule has 0 aliphatic heterocycles. The number of fused-ring (bicyclic) bond motifs is 1. The topological polar surface area (TPSA) is 68.0 Å². The van der Waals surface area contributed by atoms with Crippen LogP contribution in [0.4, 0.5) is 0 Å². The third kappa shape index (κ3) is 1.84. The lowest BCUT2D eigenvalue weighted by Gasteiger charge is -2.10. The number of pyridine rings is 1. The van der Waals surface area contributed by atoms with Gasteiger partial charge in [0.25, 0.3) is 0 Å². The molecule has 1 N–H and O–H groups in total. The molecule has 0 amide bonds. The van der Waals surface area contributed by atoms with Crippen LogP contribution in [0, 0.1) is 13.8 Å². The summed E-state index contributed by atoms with van der Waals surface area (Å²) in [5.74, 6) is -0.440. The molecule has 100 valence electrons. The Labute approximate surface area is 115 Å². The third-order valence-electron chi connectivity index (χ3n) is 3.42. The second-order valence-corrected chi connectivity index (χ2v) is 4.64. The van der Waals surface area contributed by atoms with E-state index >= 15 is 0 Å². The van der Waals surface area contributed by atoms with E-state index in [9.17, 15) is 9.90 Å². The van der Waals surface area contributed by atoms with Crippen LogP contribution in [0.5, 0.6) is 0 Å². The summed E-state index contributed by atoms with van der Waals surface area (Å²) in [6.45, 7) is 3.85. The Morgan fingerprint density at radius 3 is 2.65 bits per heavy atom. The highest BCUT2D eigenvalue weighted by molar-refractivity contribution is 5.95. The minimum absolute atomic E-state index is 0.0319. The number of carbonyl (C=O) groups is 1. The van der Waals surface area contributed by atoms with Gasteiger partial charge >= 0.3 is 5.97 Å². The maximum absolute atomic E-state index is 11.2. The lowest BCUT2D eigenvalue weighted by atomic mass is 10.1. The van der Waals surface area contributed by atoms with Gasteiger partial charge in [-0.25, -0.2) is 14.8 Å². The number of aromatic nitrogens is 3. The first-order chi connectivity index (χ1) is 9.58. The molecule has 2 aromatic heterocycles. The summed E-state index contributed by atoms with van der Waals surface area (Å²) in [6, 6.07) is 9.18. The fourth-order valence-electron chi connectivity index (χ4n) is 2.19. The highest BCUT2D eigenvalue weighted by Gasteiger charge is 2.14. The average Bonchev–Trinajstić information content (AvgIpc) is 2.78. The molecule has 5 nitrogen and oxygen atoms in total. The van der Waals surface area contributed by atoms with Crippen molar-refractivity contribution < 1.29 is 9.90 Å². The summed E-state index contributed by atoms with van der Waals surface area (Å²) >= 11 is 0. The van der Waals surface area contributed by atoms with Crippen molar-refractivity contribution >= 4 is 16.7 Å². The van der Waals surface area contributed by atoms with Crippen LogP contribution in [0.1, 0.15) is 21.9 Å². The molecule has 0 saturated carbocycles. The van der Waals surface area contributed by atoms with E-state index in [0.717, 1.165) is 22.2 Å². The summed E-state index contributed by atoms with van der Waals surface area (Å²) < 4.78 is 1.82. The van der Waals surface area contributed by atoms with E-state index in [2.05, 4.69) is 9.97 Å². The Bertz CT molecular complexity index is 821. The molecule has 3 aromatic rings. The highest BCUT2D eigenvalue weighted by Crippen LogP contribution is 2.23. The van der Waals surface area contributed by atoms with Crippen LogP contribution >= 0.6 is 0 Å². The molecular weight excluding hydrogens is 254 g/mol. The molecule has 0 fully saturated rings. The van der Waals surface area contributed by atoms with E-state index in [4.69, 9.17) is 0 Å². The molecule has 0 unspecified atom stereocenters. The molecule has 0 bridgehead atoms. The first-order valence-corrected chi connectivity index (χ1v) is 6.22. The smallest absolute Gasteiger partial charge is 0.354 e. The minimum Gasteiger partial charge on any atom is -0.477 e. The van der Waals surface area contributed by atoms with Crippen molar-refractivity contribution in [1.82, 2.24) is 14.5 Å². The normalized spacial score (nSPS) is 10.9. The Hall–Kier alpha value is -2.69. The quantitative estimate of drug-likeness (QED) is 0.775. The third-order valence-corrected chi connectivity index (χ3v) is 3.42. The summed E-state index contributed by atoms with van der Waals surface area (Å²) in [4.78, 5) is 19.7. The van der Waals surface area contributed by atoms with E-state index in [1.54, 1.807) is 12.4 Å². The lowest BCUT2D eigenvalue weighted by molar-refractivity contribution is 0.0690. The van der Waals surface area contributed by atoms with Crippen molar-refractivity contribution in [2.75, 3.05) is 0 Å². The SMILES string of the molecule is Cc1ncn(-c2nc(C(=O)O)cc3ccccc23)c1C. The van der Waals surface area contributed by atoms with Crippen LogP contribution < -0.4 is 0 Å². The summed E-state index contributed by atoms with van der Waals surface area (Å²) in [5.41, 5.74) is 1.88. The summed E-state index contributed by atoms with van der Waals surface area (Å²) in [6.07, 6.45) is 1.67. The van der Waals surface area contributed by atoms with Crippen LogP contribution in [0.2, 0.25) is 0 Å². The minimum atomic E-state index is -1.04. The Morgan fingerprint density at radius 1 is 1.25 bits per heavy atom. The average molecular weight is 267 g/mol. The van der Waals surface area contributed by atoms with Crippen LogP contribution in [-0.4, -0.2) is 25.6 Å².